The van der Waals surface area contributed by atoms with Crippen molar-refractivity contribution in [1.29, 1.82) is 0 Å². The number of anilines is 1. The molecule has 2 nitrogen and oxygen atoms in total. The van der Waals surface area contributed by atoms with Crippen LogP contribution in [0, 0.1) is 13.8 Å². The first-order valence-electron chi connectivity index (χ1n) is 5.85. The summed E-state index contributed by atoms with van der Waals surface area (Å²) in [5.74, 6) is 0. The largest absolute Gasteiger partial charge is 0.370 e. The van der Waals surface area contributed by atoms with Gasteiger partial charge in [0.2, 0.25) is 0 Å². The summed E-state index contributed by atoms with van der Waals surface area (Å²) in [6.45, 7) is 6.47. The molecule has 2 N–H and O–H groups in total. The quantitative estimate of drug-likeness (QED) is 0.858. The molecule has 1 aromatic carbocycles. The summed E-state index contributed by atoms with van der Waals surface area (Å²) in [4.78, 5) is 2.44. The predicted octanol–water partition coefficient (Wildman–Crippen LogP) is 2.99. The Hall–Kier alpha value is -0.540. The molecule has 1 aliphatic heterocycles. The maximum Gasteiger partial charge on any atom is 0.0426 e. The molecule has 1 aromatic rings. The van der Waals surface area contributed by atoms with Gasteiger partial charge in [-0.1, -0.05) is 15.9 Å². The average molecular weight is 283 g/mol. The molecule has 16 heavy (non-hydrogen) atoms. The fraction of sp³-hybridized carbons (Fsp3) is 0.538. The fourth-order valence-corrected chi connectivity index (χ4v) is 3.30. The van der Waals surface area contributed by atoms with Crippen LogP contribution in [0.5, 0.6) is 0 Å². The first kappa shape index (κ1) is 11.9. The van der Waals surface area contributed by atoms with Crippen LogP contribution >= 0.6 is 15.9 Å². The molecular formula is C13H19BrN2. The van der Waals surface area contributed by atoms with E-state index in [1.54, 1.807) is 0 Å². The van der Waals surface area contributed by atoms with E-state index in [0.717, 1.165) is 24.0 Å². The second-order valence-electron chi connectivity index (χ2n) is 4.74. The van der Waals surface area contributed by atoms with Gasteiger partial charge in [0.15, 0.2) is 0 Å². The molecule has 1 saturated heterocycles. The van der Waals surface area contributed by atoms with Crippen molar-refractivity contribution in [1.82, 2.24) is 0 Å². The molecule has 2 rings (SSSR count). The van der Waals surface area contributed by atoms with Gasteiger partial charge in [0.25, 0.3) is 0 Å². The Kier molecular flexibility index (Phi) is 3.55. The molecule has 0 amide bonds. The molecule has 88 valence electrons. The van der Waals surface area contributed by atoms with E-state index in [9.17, 15) is 0 Å². The number of rotatable bonds is 1. The van der Waals surface area contributed by atoms with Gasteiger partial charge in [0.05, 0.1) is 0 Å². The number of hydrogen-bond donors (Lipinski definition) is 1. The Balaban J connectivity index is 2.32. The Labute approximate surface area is 106 Å². The highest BCUT2D eigenvalue weighted by molar-refractivity contribution is 9.10. The van der Waals surface area contributed by atoms with E-state index < -0.39 is 0 Å². The van der Waals surface area contributed by atoms with Crippen LogP contribution in [0.15, 0.2) is 16.6 Å². The summed E-state index contributed by atoms with van der Waals surface area (Å²) in [7, 11) is 0. The van der Waals surface area contributed by atoms with Crippen molar-refractivity contribution in [2.45, 2.75) is 32.7 Å². The minimum Gasteiger partial charge on any atom is -0.370 e. The van der Waals surface area contributed by atoms with Crippen LogP contribution in [0.25, 0.3) is 0 Å². The van der Waals surface area contributed by atoms with Gasteiger partial charge < -0.3 is 10.6 Å². The molecule has 1 aliphatic rings. The van der Waals surface area contributed by atoms with Crippen LogP contribution < -0.4 is 10.6 Å². The second kappa shape index (κ2) is 4.76. The zero-order valence-electron chi connectivity index (χ0n) is 9.96. The minimum atomic E-state index is 0.330. The molecule has 0 bridgehead atoms. The maximum absolute atomic E-state index is 6.04. The standard InChI is InChI=1S/C13H19BrN2/c1-9-6-11(14)7-10(2)13(9)16-5-3-4-12(15)8-16/h6-7,12H,3-5,8,15H2,1-2H3/t12-/m1/s1. The normalized spacial score (nSPS) is 21.2. The van der Waals surface area contributed by atoms with Gasteiger partial charge in [0, 0.05) is 29.3 Å². The van der Waals surface area contributed by atoms with Gasteiger partial charge in [-0.3, -0.25) is 0 Å². The van der Waals surface area contributed by atoms with Crippen molar-refractivity contribution < 1.29 is 0 Å². The van der Waals surface area contributed by atoms with Crippen LogP contribution in [0.1, 0.15) is 24.0 Å². The lowest BCUT2D eigenvalue weighted by molar-refractivity contribution is 0.505. The molecule has 0 radical (unpaired) electrons. The molecule has 0 aliphatic carbocycles. The highest BCUT2D eigenvalue weighted by Gasteiger charge is 2.19. The van der Waals surface area contributed by atoms with Gasteiger partial charge in [-0.2, -0.15) is 0 Å². The van der Waals surface area contributed by atoms with Crippen molar-refractivity contribution in [3.8, 4) is 0 Å². The zero-order valence-corrected chi connectivity index (χ0v) is 11.5. The van der Waals surface area contributed by atoms with Crippen molar-refractivity contribution in [3.05, 3.63) is 27.7 Å². The number of aryl methyl sites for hydroxylation is 2. The predicted molar refractivity (Wildman–Crippen MR) is 73.0 cm³/mol. The molecule has 1 atom stereocenters. The van der Waals surface area contributed by atoms with Gasteiger partial charge in [-0.25, -0.2) is 0 Å². The summed E-state index contributed by atoms with van der Waals surface area (Å²) in [5.41, 5.74) is 10.1. The molecule has 0 aromatic heterocycles. The van der Waals surface area contributed by atoms with Gasteiger partial charge >= 0.3 is 0 Å². The topological polar surface area (TPSA) is 29.3 Å². The fourth-order valence-electron chi connectivity index (χ4n) is 2.61. The van der Waals surface area contributed by atoms with Crippen LogP contribution in [0.3, 0.4) is 0 Å². The van der Waals surface area contributed by atoms with Crippen LogP contribution in [-0.2, 0) is 0 Å². The second-order valence-corrected chi connectivity index (χ2v) is 5.65. The summed E-state index contributed by atoms with van der Waals surface area (Å²) < 4.78 is 1.16. The van der Waals surface area contributed by atoms with E-state index in [0.29, 0.717) is 6.04 Å². The van der Waals surface area contributed by atoms with E-state index >= 15 is 0 Å². The van der Waals surface area contributed by atoms with E-state index in [1.165, 1.54) is 23.2 Å². The lowest BCUT2D eigenvalue weighted by Gasteiger charge is -2.34. The van der Waals surface area contributed by atoms with E-state index in [-0.39, 0.29) is 0 Å². The third-order valence-electron chi connectivity index (χ3n) is 3.23. The SMILES string of the molecule is Cc1cc(Br)cc(C)c1N1CCC[C@@H](N)C1. The number of nitrogens with zero attached hydrogens (tertiary/aromatic N) is 1. The molecule has 1 fully saturated rings. The van der Waals surface area contributed by atoms with E-state index in [4.69, 9.17) is 5.73 Å². The number of hydrogen-bond acceptors (Lipinski definition) is 2. The first-order valence-corrected chi connectivity index (χ1v) is 6.64. The van der Waals surface area contributed by atoms with Crippen molar-refractivity contribution in [3.63, 3.8) is 0 Å². The lowest BCUT2D eigenvalue weighted by atomic mass is 10.0. The Morgan fingerprint density at radius 3 is 2.50 bits per heavy atom. The van der Waals surface area contributed by atoms with Crippen molar-refractivity contribution in [2.75, 3.05) is 18.0 Å². The molecule has 3 heteroatoms. The third kappa shape index (κ3) is 2.41. The van der Waals surface area contributed by atoms with Crippen molar-refractivity contribution in [2.24, 2.45) is 5.73 Å². The van der Waals surface area contributed by atoms with Crippen LogP contribution in [0.4, 0.5) is 5.69 Å². The monoisotopic (exact) mass is 282 g/mol. The number of halogens is 1. The van der Waals surface area contributed by atoms with E-state index in [1.807, 2.05) is 0 Å². The van der Waals surface area contributed by atoms with Crippen LogP contribution in [-0.4, -0.2) is 19.1 Å². The number of benzene rings is 1. The third-order valence-corrected chi connectivity index (χ3v) is 3.69. The van der Waals surface area contributed by atoms with Gasteiger partial charge in [0.1, 0.15) is 0 Å². The lowest BCUT2D eigenvalue weighted by Crippen LogP contribution is -2.43. The molecule has 0 saturated carbocycles. The van der Waals surface area contributed by atoms with Crippen molar-refractivity contribution >= 4 is 21.6 Å². The highest BCUT2D eigenvalue weighted by atomic mass is 79.9. The highest BCUT2D eigenvalue weighted by Crippen LogP contribution is 2.30. The summed E-state index contributed by atoms with van der Waals surface area (Å²) in [6.07, 6.45) is 2.36. The Morgan fingerprint density at radius 2 is 1.94 bits per heavy atom. The van der Waals surface area contributed by atoms with E-state index in [2.05, 4.69) is 46.8 Å². The number of piperidine rings is 1. The smallest absolute Gasteiger partial charge is 0.0426 e. The summed E-state index contributed by atoms with van der Waals surface area (Å²) in [5, 5.41) is 0. The van der Waals surface area contributed by atoms with Gasteiger partial charge in [-0.15, -0.1) is 0 Å². The molecule has 0 unspecified atom stereocenters. The number of nitrogens with two attached hydrogens (primary N) is 1. The van der Waals surface area contributed by atoms with Gasteiger partial charge in [-0.05, 0) is 49.9 Å². The molecule has 0 spiro atoms. The van der Waals surface area contributed by atoms with Crippen LogP contribution in [0.2, 0.25) is 0 Å². The Bertz CT molecular complexity index is 367. The first-order chi connectivity index (χ1) is 7.58. The summed E-state index contributed by atoms with van der Waals surface area (Å²) >= 11 is 3.54. The molecule has 1 heterocycles. The average Bonchev–Trinajstić information content (AvgIpc) is 2.15. The summed E-state index contributed by atoms with van der Waals surface area (Å²) in [6, 6.07) is 4.70. The molecular weight excluding hydrogens is 264 g/mol. The maximum atomic E-state index is 6.04. The minimum absolute atomic E-state index is 0.330. The zero-order chi connectivity index (χ0) is 11.7. The Morgan fingerprint density at radius 1 is 1.31 bits per heavy atom.